The molecule has 0 aromatic rings. The van der Waals surface area contributed by atoms with Crippen LogP contribution in [0.1, 0.15) is 140 Å². The largest absolute Gasteiger partial charge is 0.480 e. The van der Waals surface area contributed by atoms with Crippen molar-refractivity contribution >= 4 is 45.3 Å². The van der Waals surface area contributed by atoms with Crippen LogP contribution in [-0.4, -0.2) is 127 Å². The second-order valence-corrected chi connectivity index (χ2v) is 20.8. The molecule has 0 unspecified atom stereocenters. The zero-order valence-corrected chi connectivity index (χ0v) is 35.8. The van der Waals surface area contributed by atoms with Crippen molar-refractivity contribution in [3.8, 4) is 0 Å². The summed E-state index contributed by atoms with van der Waals surface area (Å²) in [6, 6.07) is 0. The first kappa shape index (κ1) is 46.6. The van der Waals surface area contributed by atoms with Crippen LogP contribution in [-0.2, 0) is 33.6 Å². The molecule has 2 fully saturated rings. The highest BCUT2D eigenvalue weighted by molar-refractivity contribution is 8.77. The summed E-state index contributed by atoms with van der Waals surface area (Å²) in [5.74, 6) is -1.60. The number of carboxylic acid groups (broad SMARTS) is 1. The number of esters is 1. The average Bonchev–Trinajstić information content (AvgIpc) is 2.98. The molecular weight excluding hydrogens is 705 g/mol. The lowest BCUT2D eigenvalue weighted by atomic mass is 9.87. The van der Waals surface area contributed by atoms with E-state index in [1.165, 1.54) is 24.0 Å². The Hall–Kier alpha value is -1.58. The third kappa shape index (κ3) is 18.6. The van der Waals surface area contributed by atoms with Crippen molar-refractivity contribution < 1.29 is 38.7 Å². The number of nitrogens with zero attached hydrogens (tertiary/aromatic N) is 4. The minimum Gasteiger partial charge on any atom is -0.480 e. The maximum Gasteiger partial charge on any atom is 0.320 e. The first-order valence-corrected chi connectivity index (χ1v) is 21.3. The van der Waals surface area contributed by atoms with Crippen LogP contribution >= 0.6 is 21.6 Å². The molecule has 2 amide bonds. The van der Waals surface area contributed by atoms with Crippen LogP contribution in [0.4, 0.5) is 0 Å². The highest BCUT2D eigenvalue weighted by Crippen LogP contribution is 2.54. The molecule has 0 saturated heterocycles. The number of hydrogen-bond acceptors (Lipinski definition) is 11. The van der Waals surface area contributed by atoms with E-state index in [0.717, 1.165) is 64.2 Å². The fraction of sp³-hybridized carbons (Fsp3) is 0.895. The Labute approximate surface area is 322 Å². The SMILES string of the molecule is CC(=O)N(CCN(CC(=O)O)CC1(SSC2(CN(CCN(OC(C)(C)C)C(C)=O)CC(=O)OC(C)(C)C)CCCCC2)CCCCC1)OC(C)(C)C. The van der Waals surface area contributed by atoms with E-state index in [9.17, 15) is 24.3 Å². The van der Waals surface area contributed by atoms with Gasteiger partial charge < -0.3 is 9.84 Å². The van der Waals surface area contributed by atoms with Crippen molar-refractivity contribution in [2.75, 3.05) is 52.4 Å². The van der Waals surface area contributed by atoms with Crippen LogP contribution in [0.2, 0.25) is 0 Å². The molecular formula is C38H70N4O8S2. The van der Waals surface area contributed by atoms with Gasteiger partial charge in [-0.15, -0.1) is 0 Å². The maximum atomic E-state index is 13.2. The van der Waals surface area contributed by atoms with E-state index in [1.807, 2.05) is 88.8 Å². The van der Waals surface area contributed by atoms with Crippen LogP contribution in [0.5, 0.6) is 0 Å². The van der Waals surface area contributed by atoms with Gasteiger partial charge in [-0.05, 0) is 88.0 Å². The molecule has 2 aliphatic carbocycles. The number of carbonyl (C=O) groups excluding carboxylic acids is 3. The third-order valence-corrected chi connectivity index (χ3v) is 13.0. The highest BCUT2D eigenvalue weighted by atomic mass is 33.1. The minimum absolute atomic E-state index is 0.103. The van der Waals surface area contributed by atoms with Gasteiger partial charge in [-0.3, -0.25) is 38.7 Å². The second kappa shape index (κ2) is 20.4. The van der Waals surface area contributed by atoms with Gasteiger partial charge in [0.1, 0.15) is 5.60 Å². The number of carbonyl (C=O) groups is 4. The number of hydroxylamine groups is 4. The Kier molecular flexibility index (Phi) is 18.2. The van der Waals surface area contributed by atoms with E-state index < -0.39 is 22.8 Å². The lowest BCUT2D eigenvalue weighted by molar-refractivity contribution is -0.226. The summed E-state index contributed by atoms with van der Waals surface area (Å²) in [5.41, 5.74) is -1.73. The van der Waals surface area contributed by atoms with Gasteiger partial charge in [0, 0.05) is 49.5 Å². The summed E-state index contributed by atoms with van der Waals surface area (Å²) in [4.78, 5) is 66.3. The molecule has 0 radical (unpaired) electrons. The molecule has 12 nitrogen and oxygen atoms in total. The number of aliphatic carboxylic acids is 1. The van der Waals surface area contributed by atoms with Gasteiger partial charge in [0.25, 0.3) is 0 Å². The van der Waals surface area contributed by atoms with E-state index in [-0.39, 0.29) is 46.9 Å². The van der Waals surface area contributed by atoms with E-state index in [2.05, 4.69) is 4.90 Å². The van der Waals surface area contributed by atoms with Gasteiger partial charge in [0.05, 0.1) is 37.4 Å². The van der Waals surface area contributed by atoms with Crippen molar-refractivity contribution in [2.45, 2.75) is 167 Å². The summed E-state index contributed by atoms with van der Waals surface area (Å²) >= 11 is 0. The van der Waals surface area contributed by atoms with Crippen molar-refractivity contribution in [3.63, 3.8) is 0 Å². The molecule has 2 saturated carbocycles. The summed E-state index contributed by atoms with van der Waals surface area (Å²) in [5, 5.41) is 12.7. The maximum absolute atomic E-state index is 13.2. The molecule has 1 N–H and O–H groups in total. The second-order valence-electron chi connectivity index (χ2n) is 17.7. The van der Waals surface area contributed by atoms with Gasteiger partial charge in [-0.25, -0.2) is 10.1 Å². The molecule has 2 aliphatic rings. The lowest BCUT2D eigenvalue weighted by Crippen LogP contribution is -2.49. The highest BCUT2D eigenvalue weighted by Gasteiger charge is 2.42. The first-order valence-electron chi connectivity index (χ1n) is 19.1. The average molecular weight is 775 g/mol. The van der Waals surface area contributed by atoms with Crippen molar-refractivity contribution in [1.29, 1.82) is 0 Å². The van der Waals surface area contributed by atoms with Crippen LogP contribution in [0, 0.1) is 0 Å². The number of ether oxygens (including phenoxy) is 1. The standard InChI is InChI=1S/C38H70N4O8S2/c1-30(43)41(49-35(6,7)8)24-22-39(26-32(45)46)28-37(18-14-12-15-19-37)51-52-38(20-16-13-17-21-38)29-40(27-33(47)48-34(3,4)5)23-25-42(31(2)44)50-36(9,10)11/h12-29H2,1-11H3,(H,45,46). The number of hydrogen-bond donors (Lipinski definition) is 1. The van der Waals surface area contributed by atoms with Crippen molar-refractivity contribution in [2.24, 2.45) is 0 Å². The summed E-state index contributed by atoms with van der Waals surface area (Å²) in [6.07, 6.45) is 10.6. The van der Waals surface area contributed by atoms with E-state index in [4.69, 9.17) is 14.4 Å². The smallest absolute Gasteiger partial charge is 0.320 e. The molecule has 0 atom stereocenters. The Morgan fingerprint density at radius 1 is 0.577 bits per heavy atom. The Balaban J connectivity index is 2.35. The molecule has 0 bridgehead atoms. The summed E-state index contributed by atoms with van der Waals surface area (Å²) < 4.78 is 5.44. The minimum atomic E-state index is -0.897. The predicted octanol–water partition coefficient (Wildman–Crippen LogP) is 6.96. The zero-order chi connectivity index (χ0) is 39.4. The normalized spacial score (nSPS) is 17.9. The monoisotopic (exact) mass is 774 g/mol. The Bertz CT molecular complexity index is 1160. The fourth-order valence-electron chi connectivity index (χ4n) is 6.76. The topological polar surface area (TPSA) is 129 Å². The molecule has 14 heteroatoms. The van der Waals surface area contributed by atoms with Crippen LogP contribution in [0.15, 0.2) is 0 Å². The number of amides is 2. The zero-order valence-electron chi connectivity index (χ0n) is 34.1. The number of carboxylic acids is 1. The van der Waals surface area contributed by atoms with Gasteiger partial charge in [0.2, 0.25) is 11.8 Å². The van der Waals surface area contributed by atoms with Gasteiger partial charge in [-0.2, -0.15) is 0 Å². The van der Waals surface area contributed by atoms with Crippen LogP contribution < -0.4 is 0 Å². The Morgan fingerprint density at radius 2 is 0.942 bits per heavy atom. The fourth-order valence-corrected chi connectivity index (χ4v) is 10.9. The summed E-state index contributed by atoms with van der Waals surface area (Å²) in [7, 11) is 3.82. The van der Waals surface area contributed by atoms with Gasteiger partial charge >= 0.3 is 11.9 Å². The molecule has 2 rings (SSSR count). The third-order valence-electron chi connectivity index (χ3n) is 8.79. The molecule has 0 aromatic carbocycles. The predicted molar refractivity (Wildman–Crippen MR) is 210 cm³/mol. The van der Waals surface area contributed by atoms with Crippen molar-refractivity contribution in [3.05, 3.63) is 0 Å². The van der Waals surface area contributed by atoms with Crippen molar-refractivity contribution in [1.82, 2.24) is 19.9 Å². The first-order chi connectivity index (χ1) is 23.9. The molecule has 302 valence electrons. The number of rotatable bonds is 19. The molecule has 0 heterocycles. The van der Waals surface area contributed by atoms with Crippen LogP contribution in [0.3, 0.4) is 0 Å². The van der Waals surface area contributed by atoms with Gasteiger partial charge in [0.15, 0.2) is 0 Å². The molecule has 52 heavy (non-hydrogen) atoms. The van der Waals surface area contributed by atoms with Crippen LogP contribution in [0.25, 0.3) is 0 Å². The quantitative estimate of drug-likeness (QED) is 0.0828. The van der Waals surface area contributed by atoms with E-state index >= 15 is 0 Å². The lowest BCUT2D eigenvalue weighted by Gasteiger charge is -2.45. The van der Waals surface area contributed by atoms with Gasteiger partial charge in [-0.1, -0.05) is 60.1 Å². The molecule has 0 spiro atoms. The van der Waals surface area contributed by atoms with E-state index in [1.54, 1.807) is 0 Å². The Morgan fingerprint density at radius 3 is 1.25 bits per heavy atom. The van der Waals surface area contributed by atoms with E-state index in [0.29, 0.717) is 32.7 Å². The molecule has 0 aromatic heterocycles. The summed E-state index contributed by atoms with van der Waals surface area (Å²) in [6.45, 7) is 22.6. The molecule has 0 aliphatic heterocycles.